The number of aromatic nitrogens is 1. The SMILES string of the molecule is Cc1ccccc1-c1ccccc1CCc1ccc2c(c1)c1c3ccccc3ccc1n2C1=Nc2ccccc2CC=C1c1cccc2sc3ccccc3c12. The molecule has 0 bridgehead atoms. The van der Waals surface area contributed by atoms with Gasteiger partial charge in [0.1, 0.15) is 5.84 Å². The van der Waals surface area contributed by atoms with Gasteiger partial charge in [0.2, 0.25) is 0 Å². The summed E-state index contributed by atoms with van der Waals surface area (Å²) in [5.74, 6) is 0.966. The van der Waals surface area contributed by atoms with Crippen LogP contribution in [0.5, 0.6) is 0 Å². The highest BCUT2D eigenvalue weighted by atomic mass is 32.1. The van der Waals surface area contributed by atoms with Crippen LogP contribution in [0.4, 0.5) is 5.69 Å². The Morgan fingerprint density at radius 1 is 0.554 bits per heavy atom. The molecule has 10 aromatic rings. The van der Waals surface area contributed by atoms with Gasteiger partial charge in [-0.2, -0.15) is 0 Å². The van der Waals surface area contributed by atoms with Gasteiger partial charge in [-0.25, -0.2) is 4.99 Å². The number of rotatable bonds is 5. The molecule has 0 unspecified atom stereocenters. The lowest BCUT2D eigenvalue weighted by Gasteiger charge is -2.16. The quantitative estimate of drug-likeness (QED) is 0.168. The fourth-order valence-corrected chi connectivity index (χ4v) is 10.2. The lowest BCUT2D eigenvalue weighted by Crippen LogP contribution is -2.14. The second kappa shape index (κ2) is 13.3. The van der Waals surface area contributed by atoms with Crippen molar-refractivity contribution < 1.29 is 0 Å². The Balaban J connectivity index is 1.12. The van der Waals surface area contributed by atoms with Crippen LogP contribution in [0, 0.1) is 6.92 Å². The Kier molecular flexibility index (Phi) is 7.82. The van der Waals surface area contributed by atoms with Crippen molar-refractivity contribution in [1.29, 1.82) is 0 Å². The van der Waals surface area contributed by atoms with Gasteiger partial charge >= 0.3 is 0 Å². The van der Waals surface area contributed by atoms with Crippen molar-refractivity contribution in [3.8, 4) is 11.1 Å². The fraction of sp³-hybridized carbons (Fsp3) is 0.0755. The molecule has 0 saturated heterocycles. The highest BCUT2D eigenvalue weighted by Gasteiger charge is 2.25. The summed E-state index contributed by atoms with van der Waals surface area (Å²) >= 11 is 1.87. The van der Waals surface area contributed by atoms with Gasteiger partial charge in [-0.15, -0.1) is 11.3 Å². The molecule has 1 aliphatic rings. The number of benzene rings is 8. The Labute approximate surface area is 330 Å². The van der Waals surface area contributed by atoms with Gasteiger partial charge in [-0.05, 0) is 112 Å². The van der Waals surface area contributed by atoms with Crippen molar-refractivity contribution in [1.82, 2.24) is 4.57 Å². The molecule has 1 aliphatic heterocycles. The summed E-state index contributed by atoms with van der Waals surface area (Å²) in [4.78, 5) is 5.65. The standard InChI is InChI=1S/C53H38N2S/c1-34-13-2-6-17-39(34)40-18-7-3-14-36(40)27-25-35-26-31-47-45(33-35)51-41-19-8-4-15-37(41)29-32-48(51)55(47)53-43(30-28-38-16-5-10-22-46(38)54-53)42-21-12-24-50-52(42)44-20-9-11-23-49(44)56-50/h2-24,26,29-33H,25,27-28H2,1H3. The van der Waals surface area contributed by atoms with E-state index in [4.69, 9.17) is 4.99 Å². The Hall–Kier alpha value is -6.55. The Morgan fingerprint density at radius 2 is 1.29 bits per heavy atom. The molecule has 11 rings (SSSR count). The van der Waals surface area contributed by atoms with Crippen molar-refractivity contribution in [3.05, 3.63) is 204 Å². The average Bonchev–Trinajstić information content (AvgIpc) is 3.72. The number of hydrogen-bond donors (Lipinski definition) is 0. The van der Waals surface area contributed by atoms with E-state index in [0.717, 1.165) is 30.8 Å². The zero-order valence-corrected chi connectivity index (χ0v) is 32.0. The summed E-state index contributed by atoms with van der Waals surface area (Å²) in [6.45, 7) is 2.21. The van der Waals surface area contributed by atoms with E-state index >= 15 is 0 Å². The molecule has 8 aromatic carbocycles. The monoisotopic (exact) mass is 734 g/mol. The summed E-state index contributed by atoms with van der Waals surface area (Å²) < 4.78 is 5.06. The van der Waals surface area contributed by atoms with Gasteiger partial charge < -0.3 is 0 Å². The molecule has 266 valence electrons. The fourth-order valence-electron chi connectivity index (χ4n) is 9.05. The first-order chi connectivity index (χ1) is 27.7. The average molecular weight is 735 g/mol. The third kappa shape index (κ3) is 5.34. The summed E-state index contributed by atoms with van der Waals surface area (Å²) in [7, 11) is 0. The summed E-state index contributed by atoms with van der Waals surface area (Å²) in [6, 6.07) is 62.4. The second-order valence-electron chi connectivity index (χ2n) is 15.0. The minimum atomic E-state index is 0.811. The van der Waals surface area contributed by atoms with Crippen LogP contribution in [-0.4, -0.2) is 10.4 Å². The zero-order valence-electron chi connectivity index (χ0n) is 31.2. The molecule has 0 atom stereocenters. The maximum atomic E-state index is 5.65. The number of nitrogens with zero attached hydrogens (tertiary/aromatic N) is 2. The molecule has 0 fully saturated rings. The van der Waals surface area contributed by atoms with Gasteiger partial charge in [0.25, 0.3) is 0 Å². The maximum absolute atomic E-state index is 5.65. The van der Waals surface area contributed by atoms with Crippen LogP contribution < -0.4 is 0 Å². The van der Waals surface area contributed by atoms with Crippen LogP contribution >= 0.6 is 11.3 Å². The van der Waals surface area contributed by atoms with Crippen LogP contribution in [-0.2, 0) is 19.3 Å². The minimum absolute atomic E-state index is 0.811. The molecule has 56 heavy (non-hydrogen) atoms. The smallest absolute Gasteiger partial charge is 0.145 e. The maximum Gasteiger partial charge on any atom is 0.145 e. The normalized spacial score (nSPS) is 13.0. The number of hydrogen-bond acceptors (Lipinski definition) is 2. The predicted molar refractivity (Wildman–Crippen MR) is 241 cm³/mol. The molecule has 0 N–H and O–H groups in total. The van der Waals surface area contributed by atoms with Crippen LogP contribution in [0.15, 0.2) is 181 Å². The zero-order chi connectivity index (χ0) is 37.2. The van der Waals surface area contributed by atoms with Crippen LogP contribution in [0.1, 0.15) is 27.8 Å². The molecule has 0 amide bonds. The molecule has 3 heterocycles. The van der Waals surface area contributed by atoms with Crippen molar-refractivity contribution in [2.24, 2.45) is 4.99 Å². The van der Waals surface area contributed by atoms with Crippen molar-refractivity contribution >= 4 is 81.2 Å². The Bertz CT molecular complexity index is 3240. The molecule has 2 aromatic heterocycles. The summed E-state index contributed by atoms with van der Waals surface area (Å²) in [5, 5.41) is 7.65. The van der Waals surface area contributed by atoms with Gasteiger partial charge in [0.15, 0.2) is 0 Å². The van der Waals surface area contributed by atoms with Crippen molar-refractivity contribution in [2.45, 2.75) is 26.2 Å². The van der Waals surface area contributed by atoms with Crippen LogP contribution in [0.2, 0.25) is 0 Å². The first-order valence-electron chi connectivity index (χ1n) is 19.6. The van der Waals surface area contributed by atoms with E-state index in [1.807, 2.05) is 11.3 Å². The van der Waals surface area contributed by atoms with E-state index in [1.54, 1.807) is 0 Å². The molecule has 3 heteroatoms. The van der Waals surface area contributed by atoms with E-state index < -0.39 is 0 Å². The van der Waals surface area contributed by atoms with Crippen LogP contribution in [0.25, 0.3) is 69.5 Å². The van der Waals surface area contributed by atoms with E-state index in [2.05, 4.69) is 187 Å². The van der Waals surface area contributed by atoms with E-state index in [-0.39, 0.29) is 0 Å². The molecule has 2 nitrogen and oxygen atoms in total. The lowest BCUT2D eigenvalue weighted by atomic mass is 9.92. The largest absolute Gasteiger partial charge is 0.293 e. The van der Waals surface area contributed by atoms with E-state index in [0.29, 0.717) is 0 Å². The number of fused-ring (bicyclic) bond motifs is 9. The predicted octanol–water partition coefficient (Wildman–Crippen LogP) is 14.3. The highest BCUT2D eigenvalue weighted by molar-refractivity contribution is 7.25. The summed E-state index contributed by atoms with van der Waals surface area (Å²) in [5.41, 5.74) is 13.7. The van der Waals surface area contributed by atoms with E-state index in [1.165, 1.54) is 97.3 Å². The van der Waals surface area contributed by atoms with Gasteiger partial charge in [0.05, 0.1) is 16.7 Å². The van der Waals surface area contributed by atoms with Crippen LogP contribution in [0.3, 0.4) is 0 Å². The van der Waals surface area contributed by atoms with Crippen molar-refractivity contribution in [3.63, 3.8) is 0 Å². The molecule has 0 aliphatic carbocycles. The molecular formula is C53H38N2S. The lowest BCUT2D eigenvalue weighted by molar-refractivity contribution is 0.964. The molecular weight excluding hydrogens is 697 g/mol. The topological polar surface area (TPSA) is 17.3 Å². The number of para-hydroxylation sites is 1. The van der Waals surface area contributed by atoms with Crippen molar-refractivity contribution in [2.75, 3.05) is 0 Å². The van der Waals surface area contributed by atoms with E-state index in [9.17, 15) is 0 Å². The first-order valence-corrected chi connectivity index (χ1v) is 20.4. The number of aryl methyl sites for hydroxylation is 3. The third-order valence-corrected chi connectivity index (χ3v) is 12.9. The Morgan fingerprint density at radius 3 is 2.21 bits per heavy atom. The summed E-state index contributed by atoms with van der Waals surface area (Å²) in [6.07, 6.45) is 5.14. The molecule has 0 spiro atoms. The molecule has 0 saturated carbocycles. The number of aliphatic imine (C=N–C) groups is 1. The highest BCUT2D eigenvalue weighted by Crippen LogP contribution is 2.43. The van der Waals surface area contributed by atoms with Gasteiger partial charge in [-0.3, -0.25) is 4.57 Å². The third-order valence-electron chi connectivity index (χ3n) is 11.7. The minimum Gasteiger partial charge on any atom is -0.293 e. The number of thiophene rings is 1. The molecule has 0 radical (unpaired) electrons. The number of allylic oxidation sites excluding steroid dienone is 2. The van der Waals surface area contributed by atoms with Gasteiger partial charge in [0, 0.05) is 36.5 Å². The first kappa shape index (κ1) is 32.8. The second-order valence-corrected chi connectivity index (χ2v) is 16.1. The van der Waals surface area contributed by atoms with Gasteiger partial charge in [-0.1, -0.05) is 140 Å².